The lowest BCUT2D eigenvalue weighted by Gasteiger charge is -2.08. The molecule has 126 valence electrons. The number of nitrogens with one attached hydrogen (secondary N) is 1. The van der Waals surface area contributed by atoms with Gasteiger partial charge >= 0.3 is 5.97 Å². The van der Waals surface area contributed by atoms with Gasteiger partial charge in [-0.25, -0.2) is 4.79 Å². The van der Waals surface area contributed by atoms with Crippen LogP contribution in [0, 0.1) is 0 Å². The van der Waals surface area contributed by atoms with Gasteiger partial charge in [0.05, 0.1) is 6.61 Å². The second-order valence-corrected chi connectivity index (χ2v) is 5.97. The van der Waals surface area contributed by atoms with E-state index in [1.807, 2.05) is 6.92 Å². The number of hydrogen-bond acceptors (Lipinski definition) is 2. The Morgan fingerprint density at radius 1 is 0.864 bits per heavy atom. The van der Waals surface area contributed by atoms with E-state index in [1.165, 1.54) is 36.1 Å². The maximum absolute atomic E-state index is 12.3. The molecule has 0 saturated heterocycles. The molecule has 0 atom stereocenters. The summed E-state index contributed by atoms with van der Waals surface area (Å²) in [6.07, 6.45) is 10.0. The number of unbranched alkanes of at least 4 members (excludes halogenated alkanes) is 3. The molecule has 0 aliphatic heterocycles. The predicted octanol–water partition coefficient (Wildman–Crippen LogP) is 5.22. The topological polar surface area (TPSA) is 42.1 Å². The summed E-state index contributed by atoms with van der Waals surface area (Å²) in [4.78, 5) is 15.7. The number of esters is 1. The van der Waals surface area contributed by atoms with Gasteiger partial charge in [0.15, 0.2) is 0 Å². The van der Waals surface area contributed by atoms with E-state index in [0.717, 1.165) is 38.5 Å². The summed E-state index contributed by atoms with van der Waals surface area (Å²) < 4.78 is 5.26. The highest BCUT2D eigenvalue weighted by Gasteiger charge is 2.21. The number of hydrogen-bond donors (Lipinski definition) is 1. The van der Waals surface area contributed by atoms with E-state index >= 15 is 0 Å². The largest absolute Gasteiger partial charge is 0.461 e. The summed E-state index contributed by atoms with van der Waals surface area (Å²) in [6.45, 7) is 8.91. The lowest BCUT2D eigenvalue weighted by molar-refractivity contribution is 0.0518. The van der Waals surface area contributed by atoms with Crippen LogP contribution in [0.1, 0.15) is 93.5 Å². The van der Waals surface area contributed by atoms with Gasteiger partial charge in [-0.3, -0.25) is 0 Å². The van der Waals surface area contributed by atoms with Crippen molar-refractivity contribution >= 4 is 5.97 Å². The molecule has 3 heteroatoms. The van der Waals surface area contributed by atoms with Crippen LogP contribution in [0.3, 0.4) is 0 Å². The number of carbonyl (C=O) groups excluding carboxylic acids is 1. The fraction of sp³-hybridized carbons (Fsp3) is 0.737. The number of aromatic amines is 1. The van der Waals surface area contributed by atoms with Gasteiger partial charge in [-0.15, -0.1) is 0 Å². The van der Waals surface area contributed by atoms with Crippen molar-refractivity contribution in [3.8, 4) is 0 Å². The van der Waals surface area contributed by atoms with Crippen molar-refractivity contribution in [1.82, 2.24) is 4.98 Å². The van der Waals surface area contributed by atoms with Gasteiger partial charge in [0.25, 0.3) is 0 Å². The van der Waals surface area contributed by atoms with E-state index in [0.29, 0.717) is 12.3 Å². The molecule has 22 heavy (non-hydrogen) atoms. The van der Waals surface area contributed by atoms with E-state index in [2.05, 4.69) is 25.8 Å². The average molecular weight is 307 g/mol. The molecule has 0 spiro atoms. The van der Waals surface area contributed by atoms with Crippen LogP contribution in [-0.2, 0) is 24.0 Å². The Balaban J connectivity index is 3.15. The normalized spacial score (nSPS) is 10.9. The molecule has 1 aromatic rings. The maximum Gasteiger partial charge on any atom is 0.355 e. The summed E-state index contributed by atoms with van der Waals surface area (Å²) in [5.41, 5.74) is 4.60. The van der Waals surface area contributed by atoms with Crippen LogP contribution in [0.4, 0.5) is 0 Å². The zero-order valence-corrected chi connectivity index (χ0v) is 14.9. The Labute approximate surface area is 135 Å². The first-order valence-electron chi connectivity index (χ1n) is 9.09. The van der Waals surface area contributed by atoms with Crippen LogP contribution < -0.4 is 0 Å². The first kappa shape index (κ1) is 18.8. The molecular weight excluding hydrogens is 274 g/mol. The monoisotopic (exact) mass is 307 g/mol. The van der Waals surface area contributed by atoms with Gasteiger partial charge in [0.2, 0.25) is 0 Å². The molecule has 1 N–H and O–H groups in total. The maximum atomic E-state index is 12.3. The fourth-order valence-electron chi connectivity index (χ4n) is 2.86. The number of H-pyrrole nitrogens is 1. The minimum Gasteiger partial charge on any atom is -0.461 e. The lowest BCUT2D eigenvalue weighted by Crippen LogP contribution is -2.08. The van der Waals surface area contributed by atoms with Crippen molar-refractivity contribution in [3.63, 3.8) is 0 Å². The van der Waals surface area contributed by atoms with E-state index in [9.17, 15) is 4.79 Å². The molecule has 0 bridgehead atoms. The molecule has 0 radical (unpaired) electrons. The summed E-state index contributed by atoms with van der Waals surface area (Å²) in [7, 11) is 0. The number of aromatic nitrogens is 1. The van der Waals surface area contributed by atoms with Gasteiger partial charge in [-0.1, -0.05) is 40.0 Å². The van der Waals surface area contributed by atoms with Crippen LogP contribution in [0.2, 0.25) is 0 Å². The van der Waals surface area contributed by atoms with Gasteiger partial charge in [0.1, 0.15) is 5.69 Å². The Hall–Kier alpha value is -1.25. The Morgan fingerprint density at radius 3 is 1.95 bits per heavy atom. The number of ether oxygens (including phenoxy) is 1. The zero-order chi connectivity index (χ0) is 16.4. The standard InChI is InChI=1S/C19H33NO2/c1-5-9-12-15-16(13-10-6-2)18(19(21)22-8-4)20-17(15)14-11-7-3/h20H,5-14H2,1-4H3. The molecule has 0 aromatic carbocycles. The number of rotatable bonds is 11. The Bertz CT molecular complexity index is 449. The third kappa shape index (κ3) is 5.19. The van der Waals surface area contributed by atoms with Gasteiger partial charge < -0.3 is 9.72 Å². The Morgan fingerprint density at radius 2 is 1.41 bits per heavy atom. The highest BCUT2D eigenvalue weighted by Crippen LogP contribution is 2.25. The summed E-state index contributed by atoms with van der Waals surface area (Å²) in [5, 5.41) is 0. The van der Waals surface area contributed by atoms with Crippen LogP contribution in [0.15, 0.2) is 0 Å². The molecule has 1 rings (SSSR count). The van der Waals surface area contributed by atoms with Crippen LogP contribution >= 0.6 is 0 Å². The smallest absolute Gasteiger partial charge is 0.355 e. The van der Waals surface area contributed by atoms with Gasteiger partial charge in [-0.05, 0) is 56.6 Å². The van der Waals surface area contributed by atoms with Crippen LogP contribution in [0.5, 0.6) is 0 Å². The van der Waals surface area contributed by atoms with Crippen molar-refractivity contribution in [2.45, 2.75) is 85.5 Å². The quantitative estimate of drug-likeness (QED) is 0.569. The average Bonchev–Trinajstić information content (AvgIpc) is 2.86. The lowest BCUT2D eigenvalue weighted by atomic mass is 9.96. The van der Waals surface area contributed by atoms with Crippen molar-refractivity contribution < 1.29 is 9.53 Å². The summed E-state index contributed by atoms with van der Waals surface area (Å²) in [5.74, 6) is -0.186. The molecule has 1 heterocycles. The summed E-state index contributed by atoms with van der Waals surface area (Å²) >= 11 is 0. The third-order valence-corrected chi connectivity index (χ3v) is 4.13. The fourth-order valence-corrected chi connectivity index (χ4v) is 2.86. The van der Waals surface area contributed by atoms with E-state index in [1.54, 1.807) is 0 Å². The zero-order valence-electron chi connectivity index (χ0n) is 14.9. The van der Waals surface area contributed by atoms with Crippen molar-refractivity contribution in [2.75, 3.05) is 6.61 Å². The Kier molecular flexibility index (Phi) is 8.95. The molecule has 3 nitrogen and oxygen atoms in total. The van der Waals surface area contributed by atoms with Crippen molar-refractivity contribution in [3.05, 3.63) is 22.5 Å². The van der Waals surface area contributed by atoms with Gasteiger partial charge in [0, 0.05) is 5.69 Å². The SMILES string of the molecule is CCCCc1[nH]c(C(=O)OCC)c(CCCC)c1CCCC. The van der Waals surface area contributed by atoms with Crippen LogP contribution in [0.25, 0.3) is 0 Å². The predicted molar refractivity (Wildman–Crippen MR) is 92.6 cm³/mol. The number of aryl methyl sites for hydroxylation is 1. The minimum atomic E-state index is -0.186. The molecule has 0 fully saturated rings. The molecule has 0 saturated carbocycles. The molecule has 0 amide bonds. The molecule has 0 unspecified atom stereocenters. The van der Waals surface area contributed by atoms with Crippen LogP contribution in [-0.4, -0.2) is 17.6 Å². The van der Waals surface area contributed by atoms with E-state index in [-0.39, 0.29) is 5.97 Å². The number of carbonyl (C=O) groups is 1. The van der Waals surface area contributed by atoms with E-state index < -0.39 is 0 Å². The first-order valence-corrected chi connectivity index (χ1v) is 9.09. The molecule has 1 aromatic heterocycles. The van der Waals surface area contributed by atoms with Gasteiger partial charge in [-0.2, -0.15) is 0 Å². The summed E-state index contributed by atoms with van der Waals surface area (Å²) in [6, 6.07) is 0. The van der Waals surface area contributed by atoms with Crippen molar-refractivity contribution in [2.24, 2.45) is 0 Å². The molecular formula is C19H33NO2. The van der Waals surface area contributed by atoms with Crippen molar-refractivity contribution in [1.29, 1.82) is 0 Å². The molecule has 0 aliphatic rings. The van der Waals surface area contributed by atoms with E-state index in [4.69, 9.17) is 4.74 Å². The second kappa shape index (κ2) is 10.5. The third-order valence-electron chi connectivity index (χ3n) is 4.13. The molecule has 0 aliphatic carbocycles. The highest BCUT2D eigenvalue weighted by molar-refractivity contribution is 5.90. The minimum absolute atomic E-state index is 0.186. The first-order chi connectivity index (χ1) is 10.7. The highest BCUT2D eigenvalue weighted by atomic mass is 16.5. The second-order valence-electron chi connectivity index (χ2n) is 5.97.